The first-order valence-electron chi connectivity index (χ1n) is 14.8. The van der Waals surface area contributed by atoms with Gasteiger partial charge < -0.3 is 29.5 Å². The van der Waals surface area contributed by atoms with E-state index in [1.807, 2.05) is 19.9 Å². The van der Waals surface area contributed by atoms with Crippen molar-refractivity contribution in [1.82, 2.24) is 0 Å². The molecular formula is C31H42O9. The topological polar surface area (TPSA) is 140 Å². The Morgan fingerprint density at radius 1 is 1.12 bits per heavy atom. The molecule has 3 unspecified atom stereocenters. The minimum absolute atomic E-state index is 0.0699. The minimum atomic E-state index is -2.55. The molecule has 0 radical (unpaired) electrons. The summed E-state index contributed by atoms with van der Waals surface area (Å²) >= 11 is 0. The summed E-state index contributed by atoms with van der Waals surface area (Å²) in [7, 11) is 0. The number of aliphatic hydroxyl groups is 3. The second-order valence-electron chi connectivity index (χ2n) is 13.6. The Balaban J connectivity index is 1.66. The molecule has 9 heteroatoms. The van der Waals surface area contributed by atoms with Gasteiger partial charge in [-0.25, -0.2) is 0 Å². The van der Waals surface area contributed by atoms with Gasteiger partial charge in [0.2, 0.25) is 5.79 Å². The van der Waals surface area contributed by atoms with E-state index >= 15 is 0 Å². The van der Waals surface area contributed by atoms with Crippen molar-refractivity contribution in [3.8, 4) is 0 Å². The van der Waals surface area contributed by atoms with Crippen LogP contribution < -0.4 is 0 Å². The van der Waals surface area contributed by atoms with Crippen LogP contribution >= 0.6 is 0 Å². The smallest absolute Gasteiger partial charge is 0.309 e. The van der Waals surface area contributed by atoms with Crippen molar-refractivity contribution in [2.24, 2.45) is 34.5 Å². The molecule has 1 saturated carbocycles. The second-order valence-corrected chi connectivity index (χ2v) is 13.6. The van der Waals surface area contributed by atoms with Gasteiger partial charge in [-0.1, -0.05) is 39.0 Å². The molecule has 0 aromatic rings. The molecule has 12 atom stereocenters. The van der Waals surface area contributed by atoms with Crippen LogP contribution in [0.2, 0.25) is 0 Å². The van der Waals surface area contributed by atoms with Gasteiger partial charge in [-0.05, 0) is 63.4 Å². The molecule has 3 heterocycles. The van der Waals surface area contributed by atoms with Crippen LogP contribution in [-0.2, 0) is 28.6 Å². The van der Waals surface area contributed by atoms with Crippen LogP contribution in [0.15, 0.2) is 23.8 Å². The first-order valence-corrected chi connectivity index (χ1v) is 14.8. The van der Waals surface area contributed by atoms with Crippen LogP contribution in [-0.4, -0.2) is 74.3 Å². The van der Waals surface area contributed by atoms with Crippen molar-refractivity contribution in [2.75, 3.05) is 6.61 Å². The van der Waals surface area contributed by atoms with Crippen LogP contribution in [0.1, 0.15) is 73.6 Å². The van der Waals surface area contributed by atoms with Crippen molar-refractivity contribution in [3.63, 3.8) is 0 Å². The second kappa shape index (κ2) is 8.34. The van der Waals surface area contributed by atoms with Crippen molar-refractivity contribution in [1.29, 1.82) is 0 Å². The number of carbonyl (C=O) groups excluding carboxylic acids is 3. The molecule has 3 aliphatic carbocycles. The Kier molecular flexibility index (Phi) is 5.89. The minimum Gasteiger partial charge on any atom is -0.459 e. The Morgan fingerprint density at radius 3 is 2.48 bits per heavy atom. The number of hydrogen-bond acceptors (Lipinski definition) is 9. The van der Waals surface area contributed by atoms with E-state index in [1.165, 1.54) is 0 Å². The highest BCUT2D eigenvalue weighted by Crippen LogP contribution is 2.71. The number of ketones is 2. The lowest BCUT2D eigenvalue weighted by atomic mass is 9.45. The lowest BCUT2D eigenvalue weighted by molar-refractivity contribution is -0.390. The largest absolute Gasteiger partial charge is 0.459 e. The van der Waals surface area contributed by atoms with Gasteiger partial charge >= 0.3 is 5.97 Å². The summed E-state index contributed by atoms with van der Waals surface area (Å²) in [6, 6.07) is 0. The van der Waals surface area contributed by atoms with Gasteiger partial charge in [0, 0.05) is 13.0 Å². The molecule has 3 aliphatic heterocycles. The summed E-state index contributed by atoms with van der Waals surface area (Å²) in [4.78, 5) is 41.7. The van der Waals surface area contributed by atoms with Crippen molar-refractivity contribution < 1.29 is 43.9 Å². The summed E-state index contributed by atoms with van der Waals surface area (Å²) in [6.45, 7) is 10.8. The third-order valence-corrected chi connectivity index (χ3v) is 12.3. The molecule has 4 fully saturated rings. The molecule has 220 valence electrons. The number of fused-ring (bicyclic) bond motifs is 8. The first kappa shape index (κ1) is 28.2. The quantitative estimate of drug-likeness (QED) is 0.446. The number of esters is 1. The highest BCUT2D eigenvalue weighted by atomic mass is 16.7. The van der Waals surface area contributed by atoms with E-state index < -0.39 is 81.1 Å². The van der Waals surface area contributed by atoms with E-state index in [2.05, 4.69) is 0 Å². The molecule has 40 heavy (non-hydrogen) atoms. The van der Waals surface area contributed by atoms with Crippen molar-refractivity contribution in [3.05, 3.63) is 23.8 Å². The predicted molar refractivity (Wildman–Crippen MR) is 141 cm³/mol. The molecule has 0 amide bonds. The molecule has 4 bridgehead atoms. The fourth-order valence-electron chi connectivity index (χ4n) is 9.86. The fourth-order valence-corrected chi connectivity index (χ4v) is 9.86. The molecule has 9 nitrogen and oxygen atoms in total. The van der Waals surface area contributed by atoms with Crippen molar-refractivity contribution in [2.45, 2.75) is 108 Å². The molecule has 0 aromatic carbocycles. The van der Waals surface area contributed by atoms with Gasteiger partial charge in [0.1, 0.15) is 23.1 Å². The van der Waals surface area contributed by atoms with Gasteiger partial charge in [-0.15, -0.1) is 0 Å². The molecule has 3 N–H and O–H groups in total. The summed E-state index contributed by atoms with van der Waals surface area (Å²) in [5.74, 6) is -7.49. The zero-order chi connectivity index (χ0) is 29.3. The number of ether oxygens (including phenoxy) is 3. The number of hydrogen-bond donors (Lipinski definition) is 3. The third kappa shape index (κ3) is 2.89. The molecule has 0 aromatic heterocycles. The first-order chi connectivity index (χ1) is 18.6. The molecule has 6 aliphatic rings. The number of aliphatic hydroxyl groups excluding tert-OH is 1. The lowest BCUT2D eigenvalue weighted by Gasteiger charge is -2.67. The average Bonchev–Trinajstić information content (AvgIpc) is 3.16. The van der Waals surface area contributed by atoms with Crippen LogP contribution in [0.25, 0.3) is 0 Å². The van der Waals surface area contributed by atoms with Crippen LogP contribution in [0.5, 0.6) is 0 Å². The lowest BCUT2D eigenvalue weighted by Crippen LogP contribution is -2.81. The Morgan fingerprint density at radius 2 is 1.82 bits per heavy atom. The molecular weight excluding hydrogens is 516 g/mol. The van der Waals surface area contributed by atoms with E-state index in [0.717, 1.165) is 0 Å². The normalized spacial score (nSPS) is 54.9. The SMILES string of the molecule is CCO[C@@]1(C)[C@H]2C[C@@](C)(C3C(=O)[C@]4(O)O[C@@]31[C@](O)(CC)CCC1C4[C@H](O)C=C3C=CCC(=O)[C@@]31C)[C@H](C)C(=O)O2. The summed E-state index contributed by atoms with van der Waals surface area (Å²) in [5, 5.41) is 37.0. The van der Waals surface area contributed by atoms with E-state index in [1.54, 1.807) is 39.8 Å². The molecule has 1 spiro atoms. The fraction of sp³-hybridized carbons (Fsp3) is 0.774. The van der Waals surface area contributed by atoms with Crippen molar-refractivity contribution >= 4 is 17.5 Å². The number of Topliss-reactive ketones (excluding diaryl/α,β-unsaturated/α-hetero) is 2. The maximum atomic E-state index is 14.9. The van der Waals surface area contributed by atoms with Crippen LogP contribution in [0.3, 0.4) is 0 Å². The van der Waals surface area contributed by atoms with Crippen LogP contribution in [0.4, 0.5) is 0 Å². The van der Waals surface area contributed by atoms with Gasteiger partial charge in [0.15, 0.2) is 5.78 Å². The summed E-state index contributed by atoms with van der Waals surface area (Å²) in [6.07, 6.45) is 4.05. The number of rotatable bonds is 3. The Labute approximate surface area is 234 Å². The number of carbonyl (C=O) groups is 3. The van der Waals surface area contributed by atoms with E-state index in [-0.39, 0.29) is 44.5 Å². The van der Waals surface area contributed by atoms with Gasteiger partial charge in [0.05, 0.1) is 34.9 Å². The zero-order valence-corrected chi connectivity index (χ0v) is 24.2. The molecule has 6 rings (SSSR count). The van der Waals surface area contributed by atoms with Gasteiger partial charge in [0.25, 0.3) is 0 Å². The Bertz CT molecular complexity index is 1240. The van der Waals surface area contributed by atoms with Gasteiger partial charge in [-0.2, -0.15) is 0 Å². The van der Waals surface area contributed by atoms with Crippen LogP contribution in [0, 0.1) is 34.5 Å². The van der Waals surface area contributed by atoms with E-state index in [0.29, 0.717) is 5.57 Å². The monoisotopic (exact) mass is 558 g/mol. The predicted octanol–water partition coefficient (Wildman–Crippen LogP) is 2.40. The van der Waals surface area contributed by atoms with E-state index in [4.69, 9.17) is 14.2 Å². The maximum absolute atomic E-state index is 14.9. The molecule has 3 saturated heterocycles. The van der Waals surface area contributed by atoms with E-state index in [9.17, 15) is 29.7 Å². The summed E-state index contributed by atoms with van der Waals surface area (Å²) in [5.41, 5.74) is -6.46. The number of allylic oxidation sites excluding steroid dienone is 3. The third-order valence-electron chi connectivity index (χ3n) is 12.3. The standard InChI is InChI=1S/C31H42O9/c1-7-29(36)13-12-18-22(19(32)14-17-10-9-11-20(33)27(17,18)5)30(37)24(34)23-26(4)15-21(39-25(35)16(26)3)28(6,38-8-2)31(23,29)40-30/h9-10,14,16,18-19,21-23,32,36-37H,7-8,11-13,15H2,1-6H3/t16-,18?,19-,21-,22?,23?,26-,27+,28+,29+,30-,31+/m1/s1. The van der Waals surface area contributed by atoms with Gasteiger partial charge in [-0.3, -0.25) is 14.4 Å². The Hall–Kier alpha value is -1.91. The highest BCUT2D eigenvalue weighted by molar-refractivity contribution is 5.96. The average molecular weight is 559 g/mol. The zero-order valence-electron chi connectivity index (χ0n) is 24.2. The highest BCUT2D eigenvalue weighted by Gasteiger charge is 2.86. The summed E-state index contributed by atoms with van der Waals surface area (Å²) < 4.78 is 19.1. The maximum Gasteiger partial charge on any atom is 0.309 e.